The van der Waals surface area contributed by atoms with E-state index in [0.29, 0.717) is 13.2 Å². The van der Waals surface area contributed by atoms with E-state index in [1.165, 1.54) is 6.08 Å². The Morgan fingerprint density at radius 2 is 2.29 bits per heavy atom. The van der Waals surface area contributed by atoms with Gasteiger partial charge in [-0.1, -0.05) is 6.08 Å². The smallest absolute Gasteiger partial charge is 0.316 e. The van der Waals surface area contributed by atoms with Gasteiger partial charge in [0.1, 0.15) is 12.1 Å². The van der Waals surface area contributed by atoms with E-state index in [2.05, 4.69) is 0 Å². The highest BCUT2D eigenvalue weighted by Gasteiger charge is 2.41. The second-order valence-corrected chi connectivity index (χ2v) is 4.42. The molecular weight excluding hydrogens is 220 g/mol. The van der Waals surface area contributed by atoms with Crippen LogP contribution in [0.4, 0.5) is 0 Å². The van der Waals surface area contributed by atoms with Gasteiger partial charge in [0, 0.05) is 19.2 Å². The van der Waals surface area contributed by atoms with Crippen LogP contribution in [0.25, 0.3) is 0 Å². The lowest BCUT2D eigenvalue weighted by Crippen LogP contribution is -2.60. The van der Waals surface area contributed by atoms with Crippen LogP contribution in [0, 0.1) is 5.92 Å². The van der Waals surface area contributed by atoms with Gasteiger partial charge in [-0.05, 0) is 20.4 Å². The molecule has 2 aliphatic rings. The fraction of sp³-hybridized carbons (Fsp3) is 0.667. The first-order valence-corrected chi connectivity index (χ1v) is 6.01. The summed E-state index contributed by atoms with van der Waals surface area (Å²) in [5, 5.41) is 0. The minimum Gasteiger partial charge on any atom is -0.465 e. The molecule has 2 atom stereocenters. The highest BCUT2D eigenvalue weighted by Crippen LogP contribution is 2.26. The molecule has 0 spiro atoms. The number of ether oxygens (including phenoxy) is 1. The van der Waals surface area contributed by atoms with Crippen LogP contribution in [0.15, 0.2) is 12.2 Å². The Morgan fingerprint density at radius 1 is 1.53 bits per heavy atom. The number of esters is 1. The molecule has 94 valence electrons. The van der Waals surface area contributed by atoms with E-state index >= 15 is 0 Å². The third-order valence-corrected chi connectivity index (χ3v) is 3.29. The minimum atomic E-state index is -0.363. The first-order valence-electron chi connectivity index (χ1n) is 6.01. The van der Waals surface area contributed by atoms with Crippen molar-refractivity contribution in [3.63, 3.8) is 0 Å². The molecule has 0 aromatic carbocycles. The normalized spacial score (nSPS) is 29.1. The maximum absolute atomic E-state index is 11.9. The monoisotopic (exact) mass is 238 g/mol. The lowest BCUT2D eigenvalue weighted by molar-refractivity contribution is -0.156. The highest BCUT2D eigenvalue weighted by atomic mass is 16.5. The van der Waals surface area contributed by atoms with Crippen LogP contribution in [0.5, 0.6) is 0 Å². The molecule has 0 aromatic heterocycles. The molecule has 0 bridgehead atoms. The zero-order valence-corrected chi connectivity index (χ0v) is 10.3. The molecule has 0 aromatic rings. The van der Waals surface area contributed by atoms with Crippen LogP contribution >= 0.6 is 0 Å². The summed E-state index contributed by atoms with van der Waals surface area (Å²) in [4.78, 5) is 27.4. The maximum Gasteiger partial charge on any atom is 0.316 e. The maximum atomic E-state index is 11.9. The van der Waals surface area contributed by atoms with E-state index in [0.717, 1.165) is 13.0 Å². The van der Waals surface area contributed by atoms with Crippen LogP contribution in [0.1, 0.15) is 13.3 Å². The van der Waals surface area contributed by atoms with E-state index in [9.17, 15) is 9.59 Å². The first-order chi connectivity index (χ1) is 8.15. The lowest BCUT2D eigenvalue weighted by atomic mass is 9.97. The van der Waals surface area contributed by atoms with Crippen LogP contribution in [0.2, 0.25) is 0 Å². The largest absolute Gasteiger partial charge is 0.465 e. The molecule has 2 aliphatic heterocycles. The predicted octanol–water partition coefficient (Wildman–Crippen LogP) is 0.226. The second-order valence-electron chi connectivity index (χ2n) is 4.42. The molecule has 0 radical (unpaired) electrons. The number of nitrogens with zero attached hydrogens (tertiary/aromatic N) is 2. The molecule has 1 saturated heterocycles. The van der Waals surface area contributed by atoms with Crippen LogP contribution in [-0.2, 0) is 14.3 Å². The molecule has 5 heteroatoms. The topological polar surface area (TPSA) is 49.9 Å². The Kier molecular flexibility index (Phi) is 3.47. The molecule has 5 nitrogen and oxygen atoms in total. The van der Waals surface area contributed by atoms with Crippen molar-refractivity contribution in [1.82, 2.24) is 9.80 Å². The van der Waals surface area contributed by atoms with Crippen molar-refractivity contribution >= 4 is 11.9 Å². The van der Waals surface area contributed by atoms with Gasteiger partial charge in [0.15, 0.2) is 0 Å². The van der Waals surface area contributed by atoms with Crippen LogP contribution < -0.4 is 0 Å². The van der Waals surface area contributed by atoms with Crippen molar-refractivity contribution in [3.8, 4) is 0 Å². The summed E-state index contributed by atoms with van der Waals surface area (Å²) in [6.45, 7) is 3.78. The average Bonchev–Trinajstić information content (AvgIpc) is 2.31. The highest BCUT2D eigenvalue weighted by molar-refractivity contribution is 5.91. The number of carbonyl (C=O) groups is 2. The zero-order valence-electron chi connectivity index (χ0n) is 10.3. The third kappa shape index (κ3) is 2.20. The minimum absolute atomic E-state index is 0.0119. The number of fused-ring (bicyclic) bond motifs is 1. The van der Waals surface area contributed by atoms with Crippen molar-refractivity contribution in [2.75, 3.05) is 26.7 Å². The van der Waals surface area contributed by atoms with Gasteiger partial charge in [0.2, 0.25) is 5.91 Å². The zero-order chi connectivity index (χ0) is 12.4. The predicted molar refractivity (Wildman–Crippen MR) is 62.0 cm³/mol. The van der Waals surface area contributed by atoms with Gasteiger partial charge in [-0.25, -0.2) is 0 Å². The van der Waals surface area contributed by atoms with Gasteiger partial charge in [-0.3, -0.25) is 14.5 Å². The van der Waals surface area contributed by atoms with E-state index in [4.69, 9.17) is 4.74 Å². The van der Waals surface area contributed by atoms with Crippen molar-refractivity contribution in [2.45, 2.75) is 19.5 Å². The molecule has 17 heavy (non-hydrogen) atoms. The Morgan fingerprint density at radius 3 is 3.00 bits per heavy atom. The van der Waals surface area contributed by atoms with Crippen molar-refractivity contribution in [3.05, 3.63) is 12.2 Å². The summed E-state index contributed by atoms with van der Waals surface area (Å²) in [7, 11) is 1.94. The molecule has 0 saturated carbocycles. The van der Waals surface area contributed by atoms with Gasteiger partial charge in [-0.15, -0.1) is 0 Å². The molecule has 0 aliphatic carbocycles. The molecule has 1 amide bonds. The molecule has 2 heterocycles. The van der Waals surface area contributed by atoms with Crippen LogP contribution in [0.3, 0.4) is 0 Å². The summed E-state index contributed by atoms with van der Waals surface area (Å²) < 4.78 is 5.06. The second kappa shape index (κ2) is 4.87. The Hall–Kier alpha value is -1.36. The number of amides is 1. The van der Waals surface area contributed by atoms with E-state index in [1.54, 1.807) is 17.9 Å². The Bertz CT molecular complexity index is 354. The summed E-state index contributed by atoms with van der Waals surface area (Å²) in [6.07, 6.45) is 3.92. The number of hydrogen-bond acceptors (Lipinski definition) is 4. The van der Waals surface area contributed by atoms with Crippen molar-refractivity contribution in [2.24, 2.45) is 5.92 Å². The van der Waals surface area contributed by atoms with Gasteiger partial charge in [0.25, 0.3) is 0 Å². The molecule has 1 fully saturated rings. The Labute approximate surface area is 101 Å². The standard InChI is InChI=1S/C12H18N2O3/c1-3-17-12(16)9-5-6-10(15)14-8-4-7-13(2)11(9)14/h5-6,9,11H,3-4,7-8H2,1-2H3/t9-,11-/m0/s1. The van der Waals surface area contributed by atoms with E-state index in [-0.39, 0.29) is 24.0 Å². The Balaban J connectivity index is 2.23. The summed E-state index contributed by atoms with van der Waals surface area (Å²) in [6, 6.07) is 0. The van der Waals surface area contributed by atoms with E-state index in [1.807, 2.05) is 11.9 Å². The van der Waals surface area contributed by atoms with Gasteiger partial charge in [-0.2, -0.15) is 0 Å². The number of rotatable bonds is 2. The molecular formula is C12H18N2O3. The first kappa shape index (κ1) is 12.1. The van der Waals surface area contributed by atoms with E-state index < -0.39 is 0 Å². The lowest BCUT2D eigenvalue weighted by Gasteiger charge is -2.45. The SMILES string of the molecule is CCOC(=O)[C@H]1C=CC(=O)N2CCCN(C)[C@H]12. The molecule has 2 rings (SSSR count). The quantitative estimate of drug-likeness (QED) is 0.646. The van der Waals surface area contributed by atoms with Crippen molar-refractivity contribution < 1.29 is 14.3 Å². The van der Waals surface area contributed by atoms with Gasteiger partial charge in [0.05, 0.1) is 6.61 Å². The van der Waals surface area contributed by atoms with Gasteiger partial charge < -0.3 is 9.64 Å². The average molecular weight is 238 g/mol. The summed E-state index contributed by atoms with van der Waals surface area (Å²) in [5.74, 6) is -0.625. The fourth-order valence-corrected chi connectivity index (χ4v) is 2.52. The number of carbonyl (C=O) groups excluding carboxylic acids is 2. The number of hydrogen-bond donors (Lipinski definition) is 0. The van der Waals surface area contributed by atoms with Crippen LogP contribution in [-0.4, -0.2) is 54.6 Å². The van der Waals surface area contributed by atoms with Gasteiger partial charge >= 0.3 is 5.97 Å². The third-order valence-electron chi connectivity index (χ3n) is 3.29. The van der Waals surface area contributed by atoms with Crippen molar-refractivity contribution in [1.29, 1.82) is 0 Å². The summed E-state index contributed by atoms with van der Waals surface area (Å²) in [5.41, 5.74) is 0. The summed E-state index contributed by atoms with van der Waals surface area (Å²) >= 11 is 0. The molecule has 0 N–H and O–H groups in total. The fourth-order valence-electron chi connectivity index (χ4n) is 2.52. The molecule has 0 unspecified atom stereocenters.